The lowest BCUT2D eigenvalue weighted by Crippen LogP contribution is -2.25. The van der Waals surface area contributed by atoms with Crippen molar-refractivity contribution in [1.82, 2.24) is 9.78 Å². The molecule has 1 aromatic heterocycles. The number of hydrogen-bond donors (Lipinski definition) is 1. The molecule has 1 aromatic carbocycles. The number of anilines is 1. The summed E-state index contributed by atoms with van der Waals surface area (Å²) in [5.41, 5.74) is -0.568. The number of methoxy groups -OCH3 is 1. The van der Waals surface area contributed by atoms with E-state index in [0.29, 0.717) is 18.3 Å². The van der Waals surface area contributed by atoms with Crippen LogP contribution in [0.15, 0.2) is 29.2 Å². The molecule has 0 aliphatic heterocycles. The van der Waals surface area contributed by atoms with Crippen LogP contribution in [0.3, 0.4) is 0 Å². The Balaban J connectivity index is 2.36. The molecule has 0 bridgehead atoms. The second-order valence-electron chi connectivity index (χ2n) is 4.61. The van der Waals surface area contributed by atoms with Gasteiger partial charge in [-0.3, -0.25) is 4.79 Å². The summed E-state index contributed by atoms with van der Waals surface area (Å²) in [5, 5.41) is 6.64. The molecule has 1 N–H and O–H groups in total. The maximum atomic E-state index is 13.7. The number of benzene rings is 1. The zero-order chi connectivity index (χ0) is 16.3. The highest BCUT2D eigenvalue weighted by atomic mass is 35.5. The van der Waals surface area contributed by atoms with Crippen LogP contribution in [0.5, 0.6) is 0 Å². The predicted octanol–water partition coefficient (Wildman–Crippen LogP) is 2.61. The van der Waals surface area contributed by atoms with Gasteiger partial charge in [0, 0.05) is 19.7 Å². The van der Waals surface area contributed by atoms with E-state index >= 15 is 0 Å². The van der Waals surface area contributed by atoms with Gasteiger partial charge in [0.1, 0.15) is 16.5 Å². The maximum Gasteiger partial charge on any atom is 0.292 e. The van der Waals surface area contributed by atoms with E-state index in [4.69, 9.17) is 16.3 Å². The van der Waals surface area contributed by atoms with Gasteiger partial charge in [0.05, 0.1) is 18.0 Å². The molecule has 0 amide bonds. The third-order valence-corrected chi connectivity index (χ3v) is 3.40. The van der Waals surface area contributed by atoms with Gasteiger partial charge < -0.3 is 10.1 Å². The van der Waals surface area contributed by atoms with Crippen molar-refractivity contribution in [1.29, 1.82) is 0 Å². The molecule has 118 valence electrons. The Hall–Kier alpha value is -1.99. The zero-order valence-electron chi connectivity index (χ0n) is 11.9. The Morgan fingerprint density at radius 2 is 2.18 bits per heavy atom. The van der Waals surface area contributed by atoms with Crippen molar-refractivity contribution in [2.24, 2.45) is 0 Å². The molecule has 8 heteroatoms. The van der Waals surface area contributed by atoms with Gasteiger partial charge in [0.15, 0.2) is 5.82 Å². The van der Waals surface area contributed by atoms with Crippen LogP contribution in [-0.2, 0) is 4.74 Å². The van der Waals surface area contributed by atoms with Crippen molar-refractivity contribution in [3.63, 3.8) is 0 Å². The zero-order valence-corrected chi connectivity index (χ0v) is 12.7. The standard InChI is InChI=1S/C14H14ClF2N3O2/c1-8(22-2)6-18-11-7-19-20(14(21)13(11)15)12-4-3-9(16)5-10(12)17/h3-5,7-8,18H,6H2,1-2H3. The first-order chi connectivity index (χ1) is 10.4. The van der Waals surface area contributed by atoms with Crippen LogP contribution < -0.4 is 10.9 Å². The number of ether oxygens (including phenoxy) is 1. The molecule has 1 atom stereocenters. The minimum absolute atomic E-state index is 0.0898. The second kappa shape index (κ2) is 6.85. The lowest BCUT2D eigenvalue weighted by Gasteiger charge is -2.13. The van der Waals surface area contributed by atoms with Crippen LogP contribution in [0, 0.1) is 11.6 Å². The third kappa shape index (κ3) is 3.42. The van der Waals surface area contributed by atoms with E-state index in [1.54, 1.807) is 7.11 Å². The SMILES string of the molecule is COC(C)CNc1cnn(-c2ccc(F)cc2F)c(=O)c1Cl. The normalized spacial score (nSPS) is 12.2. The lowest BCUT2D eigenvalue weighted by atomic mass is 10.3. The summed E-state index contributed by atoms with van der Waals surface area (Å²) in [5.74, 6) is -1.65. The fourth-order valence-corrected chi connectivity index (χ4v) is 1.91. The molecule has 0 saturated heterocycles. The average Bonchev–Trinajstić information content (AvgIpc) is 2.49. The van der Waals surface area contributed by atoms with Crippen LogP contribution in [0.25, 0.3) is 5.69 Å². The van der Waals surface area contributed by atoms with Gasteiger partial charge in [-0.25, -0.2) is 8.78 Å². The fraction of sp³-hybridized carbons (Fsp3) is 0.286. The second-order valence-corrected chi connectivity index (χ2v) is 4.99. The quantitative estimate of drug-likeness (QED) is 0.916. The van der Waals surface area contributed by atoms with E-state index in [1.165, 1.54) is 6.20 Å². The van der Waals surface area contributed by atoms with Crippen molar-refractivity contribution >= 4 is 17.3 Å². The van der Waals surface area contributed by atoms with Crippen LogP contribution in [0.2, 0.25) is 5.02 Å². The summed E-state index contributed by atoms with van der Waals surface area (Å²) in [7, 11) is 1.56. The third-order valence-electron chi connectivity index (χ3n) is 3.04. The Morgan fingerprint density at radius 3 is 2.82 bits per heavy atom. The molecule has 0 aliphatic rings. The summed E-state index contributed by atoms with van der Waals surface area (Å²) in [4.78, 5) is 12.2. The number of aromatic nitrogens is 2. The smallest absolute Gasteiger partial charge is 0.292 e. The van der Waals surface area contributed by atoms with Crippen molar-refractivity contribution < 1.29 is 13.5 Å². The van der Waals surface area contributed by atoms with E-state index < -0.39 is 17.2 Å². The molecule has 0 spiro atoms. The highest BCUT2D eigenvalue weighted by Crippen LogP contribution is 2.18. The van der Waals surface area contributed by atoms with E-state index in [9.17, 15) is 13.6 Å². The predicted molar refractivity (Wildman–Crippen MR) is 79.7 cm³/mol. The Bertz CT molecular complexity index is 737. The summed E-state index contributed by atoms with van der Waals surface area (Å²) >= 11 is 5.99. The molecular weight excluding hydrogens is 316 g/mol. The average molecular weight is 330 g/mol. The number of halogens is 3. The van der Waals surface area contributed by atoms with Crippen LogP contribution >= 0.6 is 11.6 Å². The largest absolute Gasteiger partial charge is 0.380 e. The van der Waals surface area contributed by atoms with Crippen molar-refractivity contribution in [3.05, 3.63) is 51.4 Å². The lowest BCUT2D eigenvalue weighted by molar-refractivity contribution is 0.129. The number of rotatable bonds is 5. The molecule has 2 rings (SSSR count). The Kier molecular flexibility index (Phi) is 5.10. The highest BCUT2D eigenvalue weighted by Gasteiger charge is 2.14. The van der Waals surface area contributed by atoms with Gasteiger partial charge in [-0.05, 0) is 19.1 Å². The van der Waals surface area contributed by atoms with Gasteiger partial charge in [-0.15, -0.1) is 0 Å². The monoisotopic (exact) mass is 329 g/mol. The molecular formula is C14H14ClF2N3O2. The fourth-order valence-electron chi connectivity index (χ4n) is 1.72. The van der Waals surface area contributed by atoms with Crippen molar-refractivity contribution in [3.8, 4) is 5.69 Å². The molecule has 1 unspecified atom stereocenters. The molecule has 22 heavy (non-hydrogen) atoms. The summed E-state index contributed by atoms with van der Waals surface area (Å²) < 4.78 is 32.5. The highest BCUT2D eigenvalue weighted by molar-refractivity contribution is 6.32. The molecule has 0 radical (unpaired) electrons. The minimum Gasteiger partial charge on any atom is -0.380 e. The Labute approximate surface area is 130 Å². The first-order valence-corrected chi connectivity index (χ1v) is 6.81. The van der Waals surface area contributed by atoms with Gasteiger partial charge in [-0.2, -0.15) is 9.78 Å². The van der Waals surface area contributed by atoms with E-state index in [1.807, 2.05) is 6.92 Å². The van der Waals surface area contributed by atoms with Gasteiger partial charge in [0.2, 0.25) is 0 Å². The summed E-state index contributed by atoms with van der Waals surface area (Å²) in [6.45, 7) is 2.26. The molecule has 0 fully saturated rings. The van der Waals surface area contributed by atoms with E-state index in [-0.39, 0.29) is 16.8 Å². The maximum absolute atomic E-state index is 13.7. The van der Waals surface area contributed by atoms with Crippen molar-refractivity contribution in [2.75, 3.05) is 19.0 Å². The Morgan fingerprint density at radius 1 is 1.45 bits per heavy atom. The number of nitrogens with one attached hydrogen (secondary N) is 1. The van der Waals surface area contributed by atoms with Gasteiger partial charge in [0.25, 0.3) is 5.56 Å². The van der Waals surface area contributed by atoms with Crippen molar-refractivity contribution in [2.45, 2.75) is 13.0 Å². The molecule has 1 heterocycles. The van der Waals surface area contributed by atoms with E-state index in [2.05, 4.69) is 10.4 Å². The first-order valence-electron chi connectivity index (χ1n) is 6.44. The molecule has 5 nitrogen and oxygen atoms in total. The van der Waals surface area contributed by atoms with Gasteiger partial charge in [-0.1, -0.05) is 11.6 Å². The number of nitrogens with zero attached hydrogens (tertiary/aromatic N) is 2. The molecule has 0 saturated carbocycles. The number of hydrogen-bond acceptors (Lipinski definition) is 4. The minimum atomic E-state index is -0.903. The summed E-state index contributed by atoms with van der Waals surface area (Å²) in [6, 6.07) is 2.83. The first kappa shape index (κ1) is 16.4. The van der Waals surface area contributed by atoms with Crippen LogP contribution in [-0.4, -0.2) is 29.5 Å². The summed E-state index contributed by atoms with van der Waals surface area (Å²) in [6.07, 6.45) is 1.21. The van der Waals surface area contributed by atoms with Gasteiger partial charge >= 0.3 is 0 Å². The molecule has 2 aromatic rings. The van der Waals surface area contributed by atoms with Crippen LogP contribution in [0.1, 0.15) is 6.92 Å². The van der Waals surface area contributed by atoms with E-state index in [0.717, 1.165) is 16.8 Å². The topological polar surface area (TPSA) is 56.1 Å². The molecule has 0 aliphatic carbocycles. The van der Waals surface area contributed by atoms with Crippen LogP contribution in [0.4, 0.5) is 14.5 Å².